The van der Waals surface area contributed by atoms with Gasteiger partial charge in [-0.05, 0) is 23.1 Å². The van der Waals surface area contributed by atoms with Crippen molar-refractivity contribution in [2.24, 2.45) is 4.99 Å². The Morgan fingerprint density at radius 3 is 3.20 bits per heavy atom. The van der Waals surface area contributed by atoms with Gasteiger partial charge in [-0.15, -0.1) is 0 Å². The maximum Gasteiger partial charge on any atom is 0.228 e. The number of ether oxygens (including phenoxy) is 1. The van der Waals surface area contributed by atoms with Crippen molar-refractivity contribution in [1.82, 2.24) is 9.80 Å². The van der Waals surface area contributed by atoms with Gasteiger partial charge in [0.2, 0.25) is 5.91 Å². The van der Waals surface area contributed by atoms with Crippen LogP contribution in [0.2, 0.25) is 0 Å². The third-order valence-electron chi connectivity index (χ3n) is 4.62. The van der Waals surface area contributed by atoms with Gasteiger partial charge in [0.05, 0.1) is 25.7 Å². The lowest BCUT2D eigenvalue weighted by Crippen LogP contribution is -2.46. The Hall–Kier alpha value is -1.86. The molecule has 1 aromatic rings. The van der Waals surface area contributed by atoms with E-state index in [-0.39, 0.29) is 17.8 Å². The number of carbonyl (C=O) groups excluding carboxylic acids is 1. The van der Waals surface area contributed by atoms with Gasteiger partial charge in [0.15, 0.2) is 5.17 Å². The summed E-state index contributed by atoms with van der Waals surface area (Å²) in [5.74, 6) is -0.123. The molecule has 1 aromatic carbocycles. The molecule has 3 heterocycles. The van der Waals surface area contributed by atoms with Crippen LogP contribution >= 0.6 is 11.8 Å². The summed E-state index contributed by atoms with van der Waals surface area (Å²) < 4.78 is 19.1. The Bertz CT molecular complexity index is 737. The number of nitrogens with zero attached hydrogens (tertiary/aromatic N) is 3. The second-order valence-electron chi connectivity index (χ2n) is 6.39. The molecule has 0 saturated carbocycles. The average molecular weight is 361 g/mol. The van der Waals surface area contributed by atoms with Gasteiger partial charge in [-0.1, -0.05) is 23.9 Å². The third kappa shape index (κ3) is 3.72. The first-order chi connectivity index (χ1) is 12.2. The molecule has 0 aliphatic carbocycles. The van der Waals surface area contributed by atoms with Crippen LogP contribution in [0.5, 0.6) is 0 Å². The zero-order valence-electron chi connectivity index (χ0n) is 13.9. The second kappa shape index (κ2) is 7.17. The summed E-state index contributed by atoms with van der Waals surface area (Å²) in [6, 6.07) is 6.56. The van der Waals surface area contributed by atoms with Crippen LogP contribution in [0.4, 0.5) is 4.39 Å². The molecule has 1 fully saturated rings. The van der Waals surface area contributed by atoms with Crippen molar-refractivity contribution in [2.45, 2.75) is 18.9 Å². The molecule has 4 rings (SSSR count). The van der Waals surface area contributed by atoms with Crippen molar-refractivity contribution >= 4 is 22.8 Å². The number of carbonyl (C=O) groups is 1. The fraction of sp³-hybridized carbons (Fsp3) is 0.444. The molecule has 0 bridgehead atoms. The largest absolute Gasteiger partial charge is 0.374 e. The van der Waals surface area contributed by atoms with Crippen LogP contribution in [-0.4, -0.2) is 59.8 Å². The lowest BCUT2D eigenvalue weighted by Gasteiger charge is -2.33. The monoisotopic (exact) mass is 361 g/mol. The van der Waals surface area contributed by atoms with Gasteiger partial charge >= 0.3 is 0 Å². The Balaban J connectivity index is 1.34. The molecule has 1 amide bonds. The molecule has 0 N–H and O–H groups in total. The van der Waals surface area contributed by atoms with Crippen molar-refractivity contribution in [3.63, 3.8) is 0 Å². The van der Waals surface area contributed by atoms with E-state index in [9.17, 15) is 9.18 Å². The van der Waals surface area contributed by atoms with Crippen LogP contribution in [0, 0.1) is 5.82 Å². The van der Waals surface area contributed by atoms with E-state index in [1.807, 2.05) is 16.4 Å². The molecular formula is C18H20FN3O2S. The van der Waals surface area contributed by atoms with Gasteiger partial charge in [-0.3, -0.25) is 9.79 Å². The van der Waals surface area contributed by atoms with Crippen molar-refractivity contribution in [3.8, 4) is 0 Å². The summed E-state index contributed by atoms with van der Waals surface area (Å²) in [6.45, 7) is 3.36. The van der Waals surface area contributed by atoms with E-state index in [2.05, 4.69) is 9.89 Å². The topological polar surface area (TPSA) is 45.1 Å². The SMILES string of the molecule is O=C(CC1=CSC2=NCCN12)N1CCOC(Cc2cccc(F)c2)C1. The van der Waals surface area contributed by atoms with Crippen LogP contribution in [-0.2, 0) is 16.0 Å². The van der Waals surface area contributed by atoms with Gasteiger partial charge in [-0.25, -0.2) is 4.39 Å². The lowest BCUT2D eigenvalue weighted by molar-refractivity contribution is -0.138. The van der Waals surface area contributed by atoms with Gasteiger partial charge in [0, 0.05) is 31.8 Å². The van der Waals surface area contributed by atoms with E-state index in [1.165, 1.54) is 12.1 Å². The molecule has 0 radical (unpaired) electrons. The predicted octanol–water partition coefficient (Wildman–Crippen LogP) is 2.25. The third-order valence-corrected chi connectivity index (χ3v) is 5.58. The first-order valence-electron chi connectivity index (χ1n) is 8.50. The maximum atomic E-state index is 13.3. The Morgan fingerprint density at radius 1 is 1.40 bits per heavy atom. The quantitative estimate of drug-likeness (QED) is 0.825. The summed E-state index contributed by atoms with van der Waals surface area (Å²) >= 11 is 1.60. The summed E-state index contributed by atoms with van der Waals surface area (Å²) in [5, 5.41) is 3.04. The molecule has 0 spiro atoms. The van der Waals surface area contributed by atoms with Gasteiger partial charge in [-0.2, -0.15) is 0 Å². The fourth-order valence-electron chi connectivity index (χ4n) is 3.38. The molecule has 3 aliphatic rings. The smallest absolute Gasteiger partial charge is 0.228 e. The molecule has 5 nitrogen and oxygen atoms in total. The standard InChI is InChI=1S/C18H20FN3O2S/c19-14-3-1-2-13(8-14)9-16-11-21(6-7-24-16)17(23)10-15-12-25-18-20-4-5-22(15)18/h1-3,8,12,16H,4-7,9-11H2. The Morgan fingerprint density at radius 2 is 2.32 bits per heavy atom. The average Bonchev–Trinajstić information content (AvgIpc) is 3.20. The summed E-state index contributed by atoms with van der Waals surface area (Å²) in [4.78, 5) is 21.1. The number of rotatable bonds is 4. The van der Waals surface area contributed by atoms with Crippen LogP contribution in [0.1, 0.15) is 12.0 Å². The number of hydrogen-bond acceptors (Lipinski definition) is 5. The molecule has 7 heteroatoms. The lowest BCUT2D eigenvalue weighted by atomic mass is 10.1. The molecule has 25 heavy (non-hydrogen) atoms. The highest BCUT2D eigenvalue weighted by Crippen LogP contribution is 2.31. The fourth-order valence-corrected chi connectivity index (χ4v) is 4.33. The Labute approximate surface area is 150 Å². The summed E-state index contributed by atoms with van der Waals surface area (Å²) in [6.07, 6.45) is 0.928. The van der Waals surface area contributed by atoms with Gasteiger partial charge in [0.1, 0.15) is 5.82 Å². The number of amidine groups is 1. The maximum absolute atomic E-state index is 13.3. The first-order valence-corrected chi connectivity index (χ1v) is 9.38. The zero-order chi connectivity index (χ0) is 17.2. The van der Waals surface area contributed by atoms with E-state index in [0.29, 0.717) is 32.5 Å². The zero-order valence-corrected chi connectivity index (χ0v) is 14.7. The van der Waals surface area contributed by atoms with Crippen LogP contribution in [0.25, 0.3) is 0 Å². The highest BCUT2D eigenvalue weighted by atomic mass is 32.2. The highest BCUT2D eigenvalue weighted by Gasteiger charge is 2.30. The Kier molecular flexibility index (Phi) is 4.76. The molecule has 1 unspecified atom stereocenters. The molecule has 1 atom stereocenters. The first kappa shape index (κ1) is 16.6. The van der Waals surface area contributed by atoms with Gasteiger partial charge < -0.3 is 14.5 Å². The van der Waals surface area contributed by atoms with Crippen molar-refractivity contribution < 1.29 is 13.9 Å². The van der Waals surface area contributed by atoms with Crippen LogP contribution in [0.3, 0.4) is 0 Å². The molecule has 3 aliphatic heterocycles. The normalized spacial score (nSPS) is 22.7. The number of benzene rings is 1. The van der Waals surface area contributed by atoms with E-state index in [1.54, 1.807) is 17.8 Å². The van der Waals surface area contributed by atoms with E-state index in [4.69, 9.17) is 4.74 Å². The van der Waals surface area contributed by atoms with E-state index >= 15 is 0 Å². The van der Waals surface area contributed by atoms with Crippen molar-refractivity contribution in [3.05, 3.63) is 46.8 Å². The number of aliphatic imine (C=N–C) groups is 1. The van der Waals surface area contributed by atoms with E-state index < -0.39 is 0 Å². The van der Waals surface area contributed by atoms with Crippen molar-refractivity contribution in [1.29, 1.82) is 0 Å². The van der Waals surface area contributed by atoms with Gasteiger partial charge in [0.25, 0.3) is 0 Å². The summed E-state index contributed by atoms with van der Waals surface area (Å²) in [5.41, 5.74) is 1.94. The molecule has 0 aromatic heterocycles. The number of fused-ring (bicyclic) bond motifs is 1. The second-order valence-corrected chi connectivity index (χ2v) is 7.22. The number of morpholine rings is 1. The van der Waals surface area contributed by atoms with Crippen LogP contribution < -0.4 is 0 Å². The van der Waals surface area contributed by atoms with E-state index in [0.717, 1.165) is 29.5 Å². The molecule has 132 valence electrons. The number of thioether (sulfide) groups is 1. The molecule has 1 saturated heterocycles. The molecular weight excluding hydrogens is 341 g/mol. The number of halogens is 1. The predicted molar refractivity (Wildman–Crippen MR) is 95.7 cm³/mol. The summed E-state index contributed by atoms with van der Waals surface area (Å²) in [7, 11) is 0. The van der Waals surface area contributed by atoms with Crippen molar-refractivity contribution in [2.75, 3.05) is 32.8 Å². The van der Waals surface area contributed by atoms with Crippen LogP contribution in [0.15, 0.2) is 40.4 Å². The number of hydrogen-bond donors (Lipinski definition) is 0. The number of amides is 1. The minimum atomic E-state index is -0.241. The minimum Gasteiger partial charge on any atom is -0.374 e. The minimum absolute atomic E-state index is 0.0876. The highest BCUT2D eigenvalue weighted by molar-refractivity contribution is 8.16.